The summed E-state index contributed by atoms with van der Waals surface area (Å²) in [7, 11) is 0. The number of thiazole rings is 1. The number of carbonyl (C=O) groups excluding carboxylic acids is 4. The van der Waals surface area contributed by atoms with Crippen LogP contribution in [0.2, 0.25) is 0 Å². The number of rotatable bonds is 6. The van der Waals surface area contributed by atoms with Gasteiger partial charge in [-0.2, -0.15) is 0 Å². The summed E-state index contributed by atoms with van der Waals surface area (Å²) in [5, 5.41) is 7.74. The second-order valence-corrected chi connectivity index (χ2v) is 8.25. The van der Waals surface area contributed by atoms with Crippen molar-refractivity contribution in [2.45, 2.75) is 44.8 Å². The van der Waals surface area contributed by atoms with Crippen molar-refractivity contribution in [3.05, 3.63) is 40.4 Å². The molecule has 0 saturated carbocycles. The lowest BCUT2D eigenvalue weighted by molar-refractivity contribution is -0.131. The molecule has 0 spiro atoms. The third-order valence-corrected chi connectivity index (χ3v) is 5.69. The van der Waals surface area contributed by atoms with Gasteiger partial charge in [-0.15, -0.1) is 11.3 Å². The van der Waals surface area contributed by atoms with Gasteiger partial charge in [0, 0.05) is 30.4 Å². The Morgan fingerprint density at radius 1 is 1.26 bits per heavy atom. The fourth-order valence-corrected chi connectivity index (χ4v) is 3.84. The van der Waals surface area contributed by atoms with Crippen LogP contribution in [-0.4, -0.2) is 68.2 Å². The molecular weight excluding hydrogens is 422 g/mol. The van der Waals surface area contributed by atoms with Gasteiger partial charge in [-0.1, -0.05) is 0 Å². The van der Waals surface area contributed by atoms with Crippen LogP contribution in [-0.2, 0) is 9.59 Å². The first-order valence-corrected chi connectivity index (χ1v) is 10.5. The predicted molar refractivity (Wildman–Crippen MR) is 111 cm³/mol. The van der Waals surface area contributed by atoms with Crippen molar-refractivity contribution < 1.29 is 19.2 Å². The van der Waals surface area contributed by atoms with Crippen LogP contribution < -0.4 is 16.4 Å². The van der Waals surface area contributed by atoms with Crippen molar-refractivity contribution >= 4 is 35.0 Å². The minimum absolute atomic E-state index is 0.155. The number of hydrogen-bond acceptors (Lipinski definition) is 8. The molecule has 12 heteroatoms. The lowest BCUT2D eigenvalue weighted by Gasteiger charge is -2.38. The highest BCUT2D eigenvalue weighted by atomic mass is 32.1. The normalized spacial score (nSPS) is 19.4. The van der Waals surface area contributed by atoms with E-state index in [4.69, 9.17) is 5.73 Å². The van der Waals surface area contributed by atoms with Gasteiger partial charge in [0.15, 0.2) is 0 Å². The van der Waals surface area contributed by atoms with Gasteiger partial charge < -0.3 is 21.3 Å². The summed E-state index contributed by atoms with van der Waals surface area (Å²) in [4.78, 5) is 63.2. The average Bonchev–Trinajstić information content (AvgIpc) is 3.20. The molecule has 31 heavy (non-hydrogen) atoms. The second-order valence-electron chi connectivity index (χ2n) is 7.18. The van der Waals surface area contributed by atoms with E-state index >= 15 is 0 Å². The van der Waals surface area contributed by atoms with E-state index < -0.39 is 29.8 Å². The summed E-state index contributed by atoms with van der Waals surface area (Å²) in [6, 6.07) is -2.19. The number of aryl methyl sites for hydroxylation is 1. The van der Waals surface area contributed by atoms with Crippen molar-refractivity contribution in [2.24, 2.45) is 5.73 Å². The van der Waals surface area contributed by atoms with Crippen molar-refractivity contribution in [2.75, 3.05) is 6.54 Å². The Morgan fingerprint density at radius 3 is 2.65 bits per heavy atom. The number of nitrogens with one attached hydrogen (secondary N) is 2. The molecule has 1 aliphatic rings. The third kappa shape index (κ3) is 5.40. The predicted octanol–water partition coefficient (Wildman–Crippen LogP) is -0.365. The molecule has 4 N–H and O–H groups in total. The van der Waals surface area contributed by atoms with E-state index in [2.05, 4.69) is 25.6 Å². The number of aromatic nitrogens is 3. The molecule has 1 saturated heterocycles. The lowest BCUT2D eigenvalue weighted by Crippen LogP contribution is -2.59. The van der Waals surface area contributed by atoms with Crippen LogP contribution in [0.15, 0.2) is 24.0 Å². The van der Waals surface area contributed by atoms with Gasteiger partial charge in [-0.05, 0) is 26.7 Å². The van der Waals surface area contributed by atoms with Gasteiger partial charge in [-0.3, -0.25) is 24.2 Å². The Labute approximate surface area is 182 Å². The van der Waals surface area contributed by atoms with Crippen LogP contribution in [0.1, 0.15) is 45.7 Å². The summed E-state index contributed by atoms with van der Waals surface area (Å²) < 4.78 is 0. The number of hydrogen-bond donors (Lipinski definition) is 3. The van der Waals surface area contributed by atoms with Crippen LogP contribution >= 0.6 is 11.3 Å². The highest BCUT2D eigenvalue weighted by Gasteiger charge is 2.38. The molecule has 0 bridgehead atoms. The molecule has 2 aromatic heterocycles. The van der Waals surface area contributed by atoms with Crippen molar-refractivity contribution in [3.63, 3.8) is 0 Å². The highest BCUT2D eigenvalue weighted by molar-refractivity contribution is 7.09. The molecule has 0 aromatic carbocycles. The van der Waals surface area contributed by atoms with Gasteiger partial charge in [0.05, 0.1) is 11.2 Å². The minimum atomic E-state index is -0.905. The number of piperidine rings is 1. The molecule has 0 unspecified atom stereocenters. The molecule has 3 heterocycles. The first kappa shape index (κ1) is 22.3. The number of primary amides is 1. The van der Waals surface area contributed by atoms with E-state index in [-0.39, 0.29) is 36.3 Å². The molecule has 164 valence electrons. The van der Waals surface area contributed by atoms with Crippen LogP contribution in [0.25, 0.3) is 0 Å². The van der Waals surface area contributed by atoms with Gasteiger partial charge in [-0.25, -0.2) is 9.97 Å². The number of carbonyl (C=O) groups is 4. The van der Waals surface area contributed by atoms with E-state index in [9.17, 15) is 19.2 Å². The number of amides is 4. The number of nitrogens with zero attached hydrogens (tertiary/aromatic N) is 4. The van der Waals surface area contributed by atoms with E-state index in [1.807, 2.05) is 0 Å². The zero-order chi connectivity index (χ0) is 22.5. The van der Waals surface area contributed by atoms with Gasteiger partial charge >= 0.3 is 0 Å². The summed E-state index contributed by atoms with van der Waals surface area (Å²) in [5.74, 6) is -2.01. The van der Waals surface area contributed by atoms with Gasteiger partial charge in [0.2, 0.25) is 11.8 Å². The van der Waals surface area contributed by atoms with Crippen LogP contribution in [0, 0.1) is 6.92 Å². The molecule has 4 amide bonds. The Kier molecular flexibility index (Phi) is 6.90. The zero-order valence-corrected chi connectivity index (χ0v) is 17.9. The van der Waals surface area contributed by atoms with E-state index in [0.717, 1.165) is 5.01 Å². The second kappa shape index (κ2) is 9.60. The molecule has 3 atom stereocenters. The van der Waals surface area contributed by atoms with E-state index in [0.29, 0.717) is 6.42 Å². The van der Waals surface area contributed by atoms with Crippen molar-refractivity contribution in [1.82, 2.24) is 30.5 Å². The molecule has 3 rings (SSSR count). The molecule has 11 nitrogen and oxygen atoms in total. The monoisotopic (exact) mass is 445 g/mol. The van der Waals surface area contributed by atoms with Crippen LogP contribution in [0.4, 0.5) is 0 Å². The molecule has 1 aliphatic heterocycles. The molecular formula is C19H23N7O4S. The van der Waals surface area contributed by atoms with E-state index in [1.165, 1.54) is 41.8 Å². The van der Waals surface area contributed by atoms with Crippen LogP contribution in [0.3, 0.4) is 0 Å². The smallest absolute Gasteiger partial charge is 0.274 e. The van der Waals surface area contributed by atoms with E-state index in [1.54, 1.807) is 12.3 Å². The largest absolute Gasteiger partial charge is 0.368 e. The maximum absolute atomic E-state index is 13.0. The molecule has 2 aromatic rings. The standard InChI is InChI=1S/C19H23N7O4S/c1-10(16(20)27)23-18(29)15-7-12(25-17(28)13-8-21-4-5-22-13)3-6-26(15)19(30)14-9-31-11(2)24-14/h4-5,8-10,12,15H,3,6-7H2,1-2H3,(H2,20,27)(H,23,29)(H,25,28)/t10-,12+,15+/m1/s1. The van der Waals surface area contributed by atoms with Crippen LogP contribution in [0.5, 0.6) is 0 Å². The van der Waals surface area contributed by atoms with Crippen molar-refractivity contribution in [1.29, 1.82) is 0 Å². The summed E-state index contributed by atoms with van der Waals surface area (Å²) >= 11 is 1.34. The fraction of sp³-hybridized carbons (Fsp3) is 0.421. The van der Waals surface area contributed by atoms with Crippen molar-refractivity contribution in [3.8, 4) is 0 Å². The Balaban J connectivity index is 1.77. The minimum Gasteiger partial charge on any atom is -0.368 e. The topological polar surface area (TPSA) is 160 Å². The Hall–Kier alpha value is -3.41. The zero-order valence-electron chi connectivity index (χ0n) is 17.1. The number of likely N-dealkylation sites (tertiary alicyclic amines) is 1. The van der Waals surface area contributed by atoms with Gasteiger partial charge in [0.1, 0.15) is 23.5 Å². The Morgan fingerprint density at radius 2 is 2.03 bits per heavy atom. The highest BCUT2D eigenvalue weighted by Crippen LogP contribution is 2.22. The molecule has 0 aliphatic carbocycles. The lowest BCUT2D eigenvalue weighted by atomic mass is 9.95. The third-order valence-electron chi connectivity index (χ3n) is 4.92. The summed E-state index contributed by atoms with van der Waals surface area (Å²) in [6.07, 6.45) is 4.82. The maximum Gasteiger partial charge on any atom is 0.274 e. The first-order chi connectivity index (χ1) is 14.8. The average molecular weight is 446 g/mol. The maximum atomic E-state index is 13.0. The first-order valence-electron chi connectivity index (χ1n) is 9.66. The molecule has 1 fully saturated rings. The Bertz CT molecular complexity index is 981. The summed E-state index contributed by atoms with van der Waals surface area (Å²) in [6.45, 7) is 3.48. The SMILES string of the molecule is Cc1nc(C(=O)N2CC[C@H](NC(=O)c3cnccn3)C[C@H]2C(=O)N[C@H](C)C(N)=O)cs1. The molecule has 0 radical (unpaired) electrons. The van der Waals surface area contributed by atoms with Gasteiger partial charge in [0.25, 0.3) is 11.8 Å². The fourth-order valence-electron chi connectivity index (χ4n) is 3.25. The number of nitrogens with two attached hydrogens (primary N) is 1. The summed E-state index contributed by atoms with van der Waals surface area (Å²) in [5.41, 5.74) is 5.66. The quantitative estimate of drug-likeness (QED) is 0.547.